The zero-order chi connectivity index (χ0) is 10.6. The summed E-state index contributed by atoms with van der Waals surface area (Å²) in [6, 6.07) is 5.65. The molecule has 0 aromatic heterocycles. The van der Waals surface area contributed by atoms with Gasteiger partial charge in [-0.25, -0.2) is 0 Å². The lowest BCUT2D eigenvalue weighted by Gasteiger charge is -2.11. The van der Waals surface area contributed by atoms with Crippen molar-refractivity contribution in [3.8, 4) is 5.75 Å². The van der Waals surface area contributed by atoms with Gasteiger partial charge in [-0.2, -0.15) is 0 Å². The molecular weight excluding hydrogens is 244 g/mol. The molecule has 1 rings (SSSR count). The Balaban J connectivity index is 2.85. The fourth-order valence-corrected chi connectivity index (χ4v) is 1.89. The summed E-state index contributed by atoms with van der Waals surface area (Å²) >= 11 is 3.39. The van der Waals surface area contributed by atoms with Crippen molar-refractivity contribution in [1.82, 2.24) is 0 Å². The van der Waals surface area contributed by atoms with Gasteiger partial charge in [0.2, 0.25) is 0 Å². The molecule has 0 fully saturated rings. The van der Waals surface area contributed by atoms with E-state index in [4.69, 9.17) is 4.74 Å². The number of hydrogen-bond acceptors (Lipinski definition) is 2. The lowest BCUT2D eigenvalue weighted by atomic mass is 10.1. The van der Waals surface area contributed by atoms with Crippen molar-refractivity contribution < 1.29 is 9.84 Å². The Bertz CT molecular complexity index is 299. The van der Waals surface area contributed by atoms with E-state index in [2.05, 4.69) is 22.9 Å². The summed E-state index contributed by atoms with van der Waals surface area (Å²) in [6.07, 6.45) is 1.39. The fraction of sp³-hybridized carbons (Fsp3) is 0.455. The first-order valence-electron chi connectivity index (χ1n) is 4.70. The number of benzene rings is 1. The molecule has 0 aliphatic rings. The highest BCUT2D eigenvalue weighted by Gasteiger charge is 2.08. The molecule has 0 spiro atoms. The zero-order valence-corrected chi connectivity index (χ0v) is 10.0. The van der Waals surface area contributed by atoms with E-state index >= 15 is 0 Å². The maximum absolute atomic E-state index is 9.75. The topological polar surface area (TPSA) is 29.5 Å². The lowest BCUT2D eigenvalue weighted by Crippen LogP contribution is -1.97. The van der Waals surface area contributed by atoms with Crippen molar-refractivity contribution in [2.24, 2.45) is 0 Å². The van der Waals surface area contributed by atoms with Gasteiger partial charge in [0.1, 0.15) is 5.75 Å². The Morgan fingerprint density at radius 3 is 2.71 bits per heavy atom. The molecule has 0 saturated carbocycles. The van der Waals surface area contributed by atoms with Crippen LogP contribution in [-0.2, 0) is 0 Å². The van der Waals surface area contributed by atoms with Crippen LogP contribution in [0.5, 0.6) is 5.75 Å². The van der Waals surface area contributed by atoms with Crippen LogP contribution in [-0.4, -0.2) is 12.2 Å². The molecule has 1 N–H and O–H groups in total. The molecule has 1 aromatic carbocycles. The van der Waals surface area contributed by atoms with Gasteiger partial charge in [0.25, 0.3) is 0 Å². The summed E-state index contributed by atoms with van der Waals surface area (Å²) in [6.45, 7) is 2.06. The van der Waals surface area contributed by atoms with E-state index < -0.39 is 0 Å². The second-order valence-corrected chi connectivity index (χ2v) is 4.05. The summed E-state index contributed by atoms with van der Waals surface area (Å²) < 4.78 is 5.99. The highest BCUT2D eigenvalue weighted by molar-refractivity contribution is 9.10. The third-order valence-electron chi connectivity index (χ3n) is 2.12. The van der Waals surface area contributed by atoms with E-state index in [1.54, 1.807) is 7.11 Å². The van der Waals surface area contributed by atoms with Crippen LogP contribution in [0.15, 0.2) is 22.7 Å². The molecule has 0 heterocycles. The van der Waals surface area contributed by atoms with Crippen molar-refractivity contribution >= 4 is 15.9 Å². The van der Waals surface area contributed by atoms with Gasteiger partial charge in [0, 0.05) is 0 Å². The summed E-state index contributed by atoms with van der Waals surface area (Å²) in [5, 5.41) is 9.75. The van der Waals surface area contributed by atoms with Gasteiger partial charge >= 0.3 is 0 Å². The number of methoxy groups -OCH3 is 1. The van der Waals surface area contributed by atoms with Gasteiger partial charge in [-0.05, 0) is 40.0 Å². The van der Waals surface area contributed by atoms with E-state index in [0.717, 1.165) is 28.6 Å². The molecular formula is C11H15BrO2. The average molecular weight is 259 g/mol. The van der Waals surface area contributed by atoms with E-state index in [-0.39, 0.29) is 6.10 Å². The average Bonchev–Trinajstić information content (AvgIpc) is 2.18. The number of hydrogen-bond donors (Lipinski definition) is 1. The summed E-state index contributed by atoms with van der Waals surface area (Å²) in [5.74, 6) is 0.789. The predicted molar refractivity (Wildman–Crippen MR) is 60.6 cm³/mol. The largest absolute Gasteiger partial charge is 0.496 e. The minimum absolute atomic E-state index is 0.373. The standard InChI is InChI=1S/C11H15BrO2/c1-3-4-10(13)8-5-6-11(14-2)9(12)7-8/h5-7,10,13H,3-4H2,1-2H3/t10-/m0/s1. The normalized spacial score (nSPS) is 12.6. The van der Waals surface area contributed by atoms with Gasteiger partial charge in [0.15, 0.2) is 0 Å². The summed E-state index contributed by atoms with van der Waals surface area (Å²) in [5.41, 5.74) is 0.930. The van der Waals surface area contributed by atoms with Crippen LogP contribution in [0.3, 0.4) is 0 Å². The highest BCUT2D eigenvalue weighted by atomic mass is 79.9. The molecule has 0 aliphatic carbocycles. The summed E-state index contributed by atoms with van der Waals surface area (Å²) in [4.78, 5) is 0. The van der Waals surface area contributed by atoms with Crippen molar-refractivity contribution in [2.45, 2.75) is 25.9 Å². The number of rotatable bonds is 4. The van der Waals surface area contributed by atoms with Crippen LogP contribution >= 0.6 is 15.9 Å². The van der Waals surface area contributed by atoms with Crippen LogP contribution in [0.25, 0.3) is 0 Å². The molecule has 78 valence electrons. The van der Waals surface area contributed by atoms with E-state index in [9.17, 15) is 5.11 Å². The zero-order valence-electron chi connectivity index (χ0n) is 8.46. The van der Waals surface area contributed by atoms with Crippen molar-refractivity contribution in [3.63, 3.8) is 0 Å². The first-order valence-corrected chi connectivity index (χ1v) is 5.49. The first kappa shape index (κ1) is 11.5. The molecule has 2 nitrogen and oxygen atoms in total. The Hall–Kier alpha value is -0.540. The van der Waals surface area contributed by atoms with Gasteiger partial charge in [-0.3, -0.25) is 0 Å². The van der Waals surface area contributed by atoms with E-state index in [1.165, 1.54) is 0 Å². The van der Waals surface area contributed by atoms with Gasteiger partial charge < -0.3 is 9.84 Å². The fourth-order valence-electron chi connectivity index (χ4n) is 1.33. The molecule has 3 heteroatoms. The molecule has 0 aliphatic heterocycles. The summed E-state index contributed by atoms with van der Waals surface area (Å²) in [7, 11) is 1.63. The number of aliphatic hydroxyl groups excluding tert-OH is 1. The van der Waals surface area contributed by atoms with Crippen LogP contribution < -0.4 is 4.74 Å². The number of ether oxygens (including phenoxy) is 1. The molecule has 1 aromatic rings. The van der Waals surface area contributed by atoms with Gasteiger partial charge in [0.05, 0.1) is 17.7 Å². The molecule has 0 radical (unpaired) electrons. The monoisotopic (exact) mass is 258 g/mol. The molecule has 1 atom stereocenters. The third kappa shape index (κ3) is 2.72. The third-order valence-corrected chi connectivity index (χ3v) is 2.74. The molecule has 0 amide bonds. The number of halogens is 1. The minimum atomic E-state index is -0.373. The van der Waals surface area contributed by atoms with Gasteiger partial charge in [-0.15, -0.1) is 0 Å². The van der Waals surface area contributed by atoms with Crippen LogP contribution in [0.4, 0.5) is 0 Å². The second kappa shape index (κ2) is 5.37. The highest BCUT2D eigenvalue weighted by Crippen LogP contribution is 2.29. The Kier molecular flexibility index (Phi) is 4.42. The van der Waals surface area contributed by atoms with E-state index in [1.807, 2.05) is 18.2 Å². The van der Waals surface area contributed by atoms with Crippen molar-refractivity contribution in [3.05, 3.63) is 28.2 Å². The van der Waals surface area contributed by atoms with Crippen LogP contribution in [0.1, 0.15) is 31.4 Å². The van der Waals surface area contributed by atoms with Crippen LogP contribution in [0, 0.1) is 0 Å². The maximum Gasteiger partial charge on any atom is 0.133 e. The van der Waals surface area contributed by atoms with Gasteiger partial charge in [-0.1, -0.05) is 19.4 Å². The van der Waals surface area contributed by atoms with Crippen LogP contribution in [0.2, 0.25) is 0 Å². The molecule has 0 bridgehead atoms. The quantitative estimate of drug-likeness (QED) is 0.899. The predicted octanol–water partition coefficient (Wildman–Crippen LogP) is 3.29. The number of aliphatic hydroxyl groups is 1. The molecule has 0 saturated heterocycles. The Labute approximate surface area is 93.0 Å². The first-order chi connectivity index (χ1) is 6.69. The Morgan fingerprint density at radius 1 is 1.50 bits per heavy atom. The van der Waals surface area contributed by atoms with Crippen molar-refractivity contribution in [2.75, 3.05) is 7.11 Å². The second-order valence-electron chi connectivity index (χ2n) is 3.20. The van der Waals surface area contributed by atoms with Crippen molar-refractivity contribution in [1.29, 1.82) is 0 Å². The lowest BCUT2D eigenvalue weighted by molar-refractivity contribution is 0.166. The van der Waals surface area contributed by atoms with E-state index in [0.29, 0.717) is 0 Å². The molecule has 0 unspecified atom stereocenters. The smallest absolute Gasteiger partial charge is 0.133 e. The maximum atomic E-state index is 9.75. The Morgan fingerprint density at radius 2 is 2.21 bits per heavy atom. The minimum Gasteiger partial charge on any atom is -0.496 e. The molecule has 14 heavy (non-hydrogen) atoms. The SMILES string of the molecule is CCC[C@H](O)c1ccc(OC)c(Br)c1.